The van der Waals surface area contributed by atoms with Crippen LogP contribution in [0, 0.1) is 0 Å². The maximum atomic E-state index is 12.9. The quantitative estimate of drug-likeness (QED) is 0.711. The van der Waals surface area contributed by atoms with Gasteiger partial charge in [0.15, 0.2) is 0 Å². The highest BCUT2D eigenvalue weighted by atomic mass is 16.2. The van der Waals surface area contributed by atoms with Crippen molar-refractivity contribution in [1.29, 1.82) is 0 Å². The molecule has 1 aromatic carbocycles. The number of hydrogen-bond donors (Lipinski definition) is 0. The van der Waals surface area contributed by atoms with E-state index in [1.54, 1.807) is 23.4 Å². The van der Waals surface area contributed by atoms with Gasteiger partial charge in [0.2, 0.25) is 0 Å². The third-order valence-electron chi connectivity index (χ3n) is 5.11. The molecular formula is C20H22N6O. The van der Waals surface area contributed by atoms with Crippen molar-refractivity contribution in [3.63, 3.8) is 0 Å². The van der Waals surface area contributed by atoms with Crippen molar-refractivity contribution in [3.05, 3.63) is 60.8 Å². The molecular weight excluding hydrogens is 340 g/mol. The van der Waals surface area contributed by atoms with Crippen LogP contribution in [0.1, 0.15) is 16.8 Å². The Hall–Kier alpha value is -3.06. The van der Waals surface area contributed by atoms with Crippen LogP contribution in [0.25, 0.3) is 16.9 Å². The number of likely N-dealkylation sites (tertiary alicyclic amines) is 1. The van der Waals surface area contributed by atoms with Gasteiger partial charge in [0, 0.05) is 37.0 Å². The van der Waals surface area contributed by atoms with Gasteiger partial charge in [-0.15, -0.1) is 10.2 Å². The summed E-state index contributed by atoms with van der Waals surface area (Å²) in [5, 5.41) is 7.58. The maximum absolute atomic E-state index is 12.9. The minimum Gasteiger partial charge on any atom is -0.337 e. The van der Waals surface area contributed by atoms with Crippen LogP contribution in [0.4, 0.5) is 0 Å². The number of aromatic nitrogens is 4. The van der Waals surface area contributed by atoms with Gasteiger partial charge in [-0.1, -0.05) is 12.1 Å². The largest absolute Gasteiger partial charge is 0.337 e. The number of rotatable bonds is 4. The van der Waals surface area contributed by atoms with E-state index in [1.165, 1.54) is 0 Å². The molecule has 0 spiro atoms. The second-order valence-corrected chi connectivity index (χ2v) is 6.98. The zero-order chi connectivity index (χ0) is 18.8. The highest BCUT2D eigenvalue weighted by Crippen LogP contribution is 2.22. The lowest BCUT2D eigenvalue weighted by Gasteiger charge is -2.24. The zero-order valence-electron chi connectivity index (χ0n) is 15.5. The first-order valence-corrected chi connectivity index (χ1v) is 8.99. The van der Waals surface area contributed by atoms with E-state index >= 15 is 0 Å². The van der Waals surface area contributed by atoms with E-state index in [1.807, 2.05) is 48.3 Å². The molecule has 4 rings (SSSR count). The van der Waals surface area contributed by atoms with Gasteiger partial charge in [-0.25, -0.2) is 4.98 Å². The van der Waals surface area contributed by atoms with E-state index in [4.69, 9.17) is 0 Å². The number of likely N-dealkylation sites (N-methyl/N-ethyl adjacent to an activating group) is 2. The smallest absolute Gasteiger partial charge is 0.253 e. The first kappa shape index (κ1) is 17.4. The lowest BCUT2D eigenvalue weighted by atomic mass is 10.0. The molecule has 0 saturated carbocycles. The Morgan fingerprint density at radius 1 is 1.15 bits per heavy atom. The van der Waals surface area contributed by atoms with E-state index in [0.717, 1.165) is 36.5 Å². The molecule has 1 saturated heterocycles. The van der Waals surface area contributed by atoms with Crippen molar-refractivity contribution in [3.8, 4) is 16.9 Å². The first-order chi connectivity index (χ1) is 13.1. The molecule has 1 aliphatic rings. The molecule has 0 bridgehead atoms. The summed E-state index contributed by atoms with van der Waals surface area (Å²) in [5.41, 5.74) is 2.64. The highest BCUT2D eigenvalue weighted by Gasteiger charge is 2.27. The van der Waals surface area contributed by atoms with E-state index < -0.39 is 0 Å². The van der Waals surface area contributed by atoms with Crippen molar-refractivity contribution in [2.45, 2.75) is 12.5 Å². The average molecular weight is 362 g/mol. The van der Waals surface area contributed by atoms with Gasteiger partial charge in [0.05, 0.1) is 0 Å². The van der Waals surface area contributed by atoms with Crippen molar-refractivity contribution < 1.29 is 4.79 Å². The van der Waals surface area contributed by atoms with Crippen LogP contribution in [0.3, 0.4) is 0 Å². The second kappa shape index (κ2) is 7.28. The molecule has 1 atom stereocenters. The Morgan fingerprint density at radius 2 is 1.96 bits per heavy atom. The lowest BCUT2D eigenvalue weighted by Crippen LogP contribution is -2.38. The molecule has 0 radical (unpaired) electrons. The van der Waals surface area contributed by atoms with Gasteiger partial charge in [-0.2, -0.15) is 0 Å². The average Bonchev–Trinajstić information content (AvgIpc) is 3.39. The van der Waals surface area contributed by atoms with E-state index in [-0.39, 0.29) is 11.9 Å². The van der Waals surface area contributed by atoms with Gasteiger partial charge in [0.25, 0.3) is 5.91 Å². The van der Waals surface area contributed by atoms with Crippen LogP contribution in [0.15, 0.2) is 55.2 Å². The van der Waals surface area contributed by atoms with Crippen molar-refractivity contribution >= 4 is 5.91 Å². The lowest BCUT2D eigenvalue weighted by molar-refractivity contribution is 0.0737. The van der Waals surface area contributed by atoms with Gasteiger partial charge in [-0.3, -0.25) is 9.36 Å². The van der Waals surface area contributed by atoms with Gasteiger partial charge in [-0.05, 0) is 49.8 Å². The summed E-state index contributed by atoms with van der Waals surface area (Å²) in [6, 6.07) is 11.9. The fraction of sp³-hybridized carbons (Fsp3) is 0.300. The monoisotopic (exact) mass is 362 g/mol. The fourth-order valence-electron chi connectivity index (χ4n) is 3.46. The Morgan fingerprint density at radius 3 is 2.63 bits per heavy atom. The summed E-state index contributed by atoms with van der Waals surface area (Å²) in [6.07, 6.45) is 6.04. The summed E-state index contributed by atoms with van der Waals surface area (Å²) in [7, 11) is 3.99. The van der Waals surface area contributed by atoms with Gasteiger partial charge < -0.3 is 9.80 Å². The Kier molecular flexibility index (Phi) is 4.68. The third-order valence-corrected chi connectivity index (χ3v) is 5.11. The number of benzene rings is 1. The summed E-state index contributed by atoms with van der Waals surface area (Å²) >= 11 is 0. The molecule has 7 heteroatoms. The Bertz CT molecular complexity index is 922. The molecule has 0 N–H and O–H groups in total. The molecule has 2 aromatic heterocycles. The van der Waals surface area contributed by atoms with Crippen molar-refractivity contribution in [2.75, 3.05) is 27.2 Å². The van der Waals surface area contributed by atoms with Crippen LogP contribution < -0.4 is 0 Å². The molecule has 0 unspecified atom stereocenters. The summed E-state index contributed by atoms with van der Waals surface area (Å²) < 4.78 is 1.75. The van der Waals surface area contributed by atoms with Crippen LogP contribution in [0.5, 0.6) is 0 Å². The number of pyridine rings is 1. The zero-order valence-corrected chi connectivity index (χ0v) is 15.5. The standard InChI is InChI=1S/C20H22N6O/c1-24-9-8-18(12-24)25(2)20(27)16-5-3-4-15(10-16)17-6-7-19(21-11-17)26-13-22-23-14-26/h3-7,10-11,13-14,18H,8-9,12H2,1-2H3/t18-/m0/s1. The predicted octanol–water partition coefficient (Wildman–Crippen LogP) is 2.11. The molecule has 27 heavy (non-hydrogen) atoms. The molecule has 1 amide bonds. The van der Waals surface area contributed by atoms with Gasteiger partial charge in [0.1, 0.15) is 18.5 Å². The molecule has 138 valence electrons. The van der Waals surface area contributed by atoms with Crippen LogP contribution >= 0.6 is 0 Å². The number of carbonyl (C=O) groups is 1. The van der Waals surface area contributed by atoms with E-state index in [2.05, 4.69) is 27.1 Å². The minimum atomic E-state index is 0.0613. The first-order valence-electron chi connectivity index (χ1n) is 8.99. The van der Waals surface area contributed by atoms with Crippen LogP contribution in [-0.4, -0.2) is 68.7 Å². The van der Waals surface area contributed by atoms with Crippen molar-refractivity contribution in [1.82, 2.24) is 29.5 Å². The fourth-order valence-corrected chi connectivity index (χ4v) is 3.46. The highest BCUT2D eigenvalue weighted by molar-refractivity contribution is 5.95. The Labute approximate surface area is 158 Å². The van der Waals surface area contributed by atoms with Crippen LogP contribution in [0.2, 0.25) is 0 Å². The molecule has 7 nitrogen and oxygen atoms in total. The predicted molar refractivity (Wildman–Crippen MR) is 103 cm³/mol. The molecule has 3 aromatic rings. The Balaban J connectivity index is 1.54. The topological polar surface area (TPSA) is 67.2 Å². The van der Waals surface area contributed by atoms with Crippen LogP contribution in [-0.2, 0) is 0 Å². The second-order valence-electron chi connectivity index (χ2n) is 6.98. The summed E-state index contributed by atoms with van der Waals surface area (Å²) in [6.45, 7) is 1.96. The van der Waals surface area contributed by atoms with E-state index in [9.17, 15) is 4.79 Å². The normalized spacial score (nSPS) is 17.2. The number of hydrogen-bond acceptors (Lipinski definition) is 5. The number of nitrogens with zero attached hydrogens (tertiary/aromatic N) is 6. The third kappa shape index (κ3) is 3.59. The SMILES string of the molecule is CN1CC[C@H](N(C)C(=O)c2cccc(-c3ccc(-n4cnnc4)nc3)c2)C1. The van der Waals surface area contributed by atoms with Crippen molar-refractivity contribution in [2.24, 2.45) is 0 Å². The molecule has 1 fully saturated rings. The number of amides is 1. The summed E-state index contributed by atoms with van der Waals surface area (Å²) in [5.74, 6) is 0.812. The molecule has 1 aliphatic heterocycles. The minimum absolute atomic E-state index is 0.0613. The summed E-state index contributed by atoms with van der Waals surface area (Å²) in [4.78, 5) is 21.5. The maximum Gasteiger partial charge on any atom is 0.253 e. The molecule has 3 heterocycles. The molecule has 0 aliphatic carbocycles. The number of carbonyl (C=O) groups excluding carboxylic acids is 1. The van der Waals surface area contributed by atoms with E-state index in [0.29, 0.717) is 5.56 Å². The van der Waals surface area contributed by atoms with Gasteiger partial charge >= 0.3 is 0 Å².